The molecule has 450 valence electrons. The van der Waals surface area contributed by atoms with Gasteiger partial charge >= 0.3 is 12.4 Å². The molecule has 4 aromatic heterocycles. The van der Waals surface area contributed by atoms with Crippen LogP contribution in [0.15, 0.2) is 142 Å². The number of halogens is 9. The number of aromatic nitrogens is 4. The molecule has 5 aromatic carbocycles. The number of carbonyl (C=O) groups excluding carboxylic acids is 3. The number of Topliss-reactive ketones (excluding diaryl/α,β-unsaturated/α-hetero) is 3. The first-order chi connectivity index (χ1) is 40.3. The number of nitrogens with zero attached hydrogens (tertiary/aromatic N) is 5. The Morgan fingerprint density at radius 2 is 0.919 bits per heavy atom. The zero-order valence-electron chi connectivity index (χ0n) is 48.8. The van der Waals surface area contributed by atoms with Crippen LogP contribution >= 0.6 is 0 Å². The average Bonchev–Trinajstić information content (AvgIpc) is 1.000. The van der Waals surface area contributed by atoms with E-state index in [1.54, 1.807) is 25.6 Å². The van der Waals surface area contributed by atoms with Crippen molar-refractivity contribution in [3.63, 3.8) is 0 Å². The Bertz CT molecular complexity index is 4260. The molecule has 0 radical (unpaired) electrons. The summed E-state index contributed by atoms with van der Waals surface area (Å²) < 4.78 is 129. The van der Waals surface area contributed by atoms with Gasteiger partial charge in [0.25, 0.3) is 0 Å². The predicted molar refractivity (Wildman–Crippen MR) is 315 cm³/mol. The van der Waals surface area contributed by atoms with Gasteiger partial charge in [-0.3, -0.25) is 28.8 Å². The molecule has 0 aliphatic rings. The van der Waals surface area contributed by atoms with Gasteiger partial charge in [0.1, 0.15) is 17.3 Å². The molecule has 9 rings (SSSR count). The van der Waals surface area contributed by atoms with Crippen LogP contribution in [0.4, 0.5) is 45.3 Å². The Balaban J connectivity index is 0.000000185. The highest BCUT2D eigenvalue weighted by atomic mass is 19.4. The van der Waals surface area contributed by atoms with E-state index in [-0.39, 0.29) is 97.5 Å². The molecule has 0 fully saturated rings. The van der Waals surface area contributed by atoms with E-state index in [9.17, 15) is 68.3 Å². The van der Waals surface area contributed by atoms with Crippen LogP contribution in [0.1, 0.15) is 144 Å². The second-order valence-corrected chi connectivity index (χ2v) is 21.9. The van der Waals surface area contributed by atoms with E-state index in [1.807, 2.05) is 71.9 Å². The van der Waals surface area contributed by atoms with Crippen LogP contribution in [0.5, 0.6) is 0 Å². The quantitative estimate of drug-likeness (QED) is 0.0776. The standard InChI is InChI=1S/C23H21F4NO2.C22H19F4NO2.C21H22FN3O2/c1-13(2)11-28-12-18(14(3)29)22(30)17-10-20(24)16(9-21(17)28)8-15-6-4-5-7-19(15)23(25,26)27;1-12(2)27-11-17(13(3)28)21(29)16-10-19(23)15(9-20(16)27)8-14-6-4-5-7-18(14)22(24,25)26;1-13(2)25-12-17(14(3)26)19(27)16-10-18(22)21(23-20(16)25)24(4)11-15-8-6-5-7-9-15/h4-7,9-10,12-13H,8,11H2,1-3H3;4-7,9-12H,8H2,1-3H3;5-10,12-13H,11H2,1-4H3. The van der Waals surface area contributed by atoms with Crippen LogP contribution in [0.25, 0.3) is 32.8 Å². The molecule has 4 heterocycles. The molecular formula is C66H62F9N5O6. The molecule has 0 spiro atoms. The van der Waals surface area contributed by atoms with E-state index >= 15 is 0 Å². The molecule has 11 nitrogen and oxygen atoms in total. The van der Waals surface area contributed by atoms with Crippen molar-refractivity contribution in [3.8, 4) is 0 Å². The molecule has 9 aromatic rings. The van der Waals surface area contributed by atoms with Crippen LogP contribution in [0.2, 0.25) is 0 Å². The maximum Gasteiger partial charge on any atom is 0.416 e. The van der Waals surface area contributed by atoms with Gasteiger partial charge in [-0.1, -0.05) is 80.6 Å². The Morgan fingerprint density at radius 3 is 1.37 bits per heavy atom. The highest BCUT2D eigenvalue weighted by Crippen LogP contribution is 2.36. The summed E-state index contributed by atoms with van der Waals surface area (Å²) in [6.07, 6.45) is -5.29. The van der Waals surface area contributed by atoms with Gasteiger partial charge in [0.2, 0.25) is 5.43 Å². The van der Waals surface area contributed by atoms with Crippen molar-refractivity contribution in [3.05, 3.63) is 232 Å². The van der Waals surface area contributed by atoms with Gasteiger partial charge in [0.05, 0.1) is 44.2 Å². The summed E-state index contributed by atoms with van der Waals surface area (Å²) in [5.74, 6) is -3.05. The number of pyridine rings is 4. The van der Waals surface area contributed by atoms with Gasteiger partial charge < -0.3 is 18.6 Å². The van der Waals surface area contributed by atoms with Crippen LogP contribution in [0, 0.1) is 23.4 Å². The van der Waals surface area contributed by atoms with Crippen molar-refractivity contribution in [1.29, 1.82) is 0 Å². The molecule has 20 heteroatoms. The molecule has 86 heavy (non-hydrogen) atoms. The highest BCUT2D eigenvalue weighted by molar-refractivity contribution is 5.99. The molecule has 0 saturated heterocycles. The van der Waals surface area contributed by atoms with E-state index in [2.05, 4.69) is 4.98 Å². The number of fused-ring (bicyclic) bond motifs is 3. The van der Waals surface area contributed by atoms with Crippen molar-refractivity contribution in [1.82, 2.24) is 18.7 Å². The Hall–Kier alpha value is -8.94. The summed E-state index contributed by atoms with van der Waals surface area (Å²) in [7, 11) is 1.76. The van der Waals surface area contributed by atoms with Crippen LogP contribution in [0.3, 0.4) is 0 Å². The molecule has 0 saturated carbocycles. The van der Waals surface area contributed by atoms with Crippen molar-refractivity contribution < 1.29 is 53.9 Å². The Kier molecular flexibility index (Phi) is 19.6. The van der Waals surface area contributed by atoms with Crippen molar-refractivity contribution in [2.75, 3.05) is 11.9 Å². The number of benzene rings is 5. The second-order valence-electron chi connectivity index (χ2n) is 21.9. The Labute approximate surface area is 489 Å². The van der Waals surface area contributed by atoms with E-state index in [0.717, 1.165) is 29.8 Å². The molecule has 0 unspecified atom stereocenters. The minimum atomic E-state index is -4.56. The molecular weight excluding hydrogens is 1130 g/mol. The lowest BCUT2D eigenvalue weighted by atomic mass is 9.97. The average molecular weight is 1190 g/mol. The fourth-order valence-electron chi connectivity index (χ4n) is 10.0. The van der Waals surface area contributed by atoms with Crippen molar-refractivity contribution in [2.45, 2.75) is 113 Å². The second kappa shape index (κ2) is 26.1. The number of rotatable bonds is 14. The zero-order chi connectivity index (χ0) is 63.4. The fraction of sp³-hybridized carbons (Fsp3) is 0.288. The number of hydrogen-bond donors (Lipinski definition) is 0. The van der Waals surface area contributed by atoms with E-state index in [1.165, 1.54) is 94.0 Å². The molecule has 0 aliphatic heterocycles. The first kappa shape index (κ1) is 64.6. The zero-order valence-corrected chi connectivity index (χ0v) is 48.8. The number of ketones is 3. The normalized spacial score (nSPS) is 11.7. The number of alkyl halides is 6. The monoisotopic (exact) mass is 1190 g/mol. The van der Waals surface area contributed by atoms with Crippen molar-refractivity contribution in [2.24, 2.45) is 5.92 Å². The minimum Gasteiger partial charge on any atom is -0.353 e. The summed E-state index contributed by atoms with van der Waals surface area (Å²) in [4.78, 5) is 79.5. The molecule has 0 atom stereocenters. The maximum atomic E-state index is 14.8. The lowest BCUT2D eigenvalue weighted by molar-refractivity contribution is -0.139. The minimum absolute atomic E-state index is 0.0248. The lowest BCUT2D eigenvalue weighted by Crippen LogP contribution is -2.23. The third-order valence-corrected chi connectivity index (χ3v) is 14.2. The third-order valence-electron chi connectivity index (χ3n) is 14.2. The predicted octanol–water partition coefficient (Wildman–Crippen LogP) is 15.1. The van der Waals surface area contributed by atoms with Gasteiger partial charge in [-0.15, -0.1) is 0 Å². The summed E-state index contributed by atoms with van der Waals surface area (Å²) in [6.45, 7) is 16.2. The van der Waals surface area contributed by atoms with Gasteiger partial charge in [-0.25, -0.2) is 18.2 Å². The largest absolute Gasteiger partial charge is 0.416 e. The first-order valence-corrected chi connectivity index (χ1v) is 27.3. The third kappa shape index (κ3) is 14.4. The summed E-state index contributed by atoms with van der Waals surface area (Å²) in [5.41, 5.74) is -1.24. The molecule has 0 N–H and O–H groups in total. The smallest absolute Gasteiger partial charge is 0.353 e. The number of anilines is 1. The van der Waals surface area contributed by atoms with Gasteiger partial charge in [-0.2, -0.15) is 26.3 Å². The van der Waals surface area contributed by atoms with Gasteiger partial charge in [0, 0.05) is 74.4 Å². The summed E-state index contributed by atoms with van der Waals surface area (Å²) in [5, 5.41) is 0.177. The molecule has 0 bridgehead atoms. The summed E-state index contributed by atoms with van der Waals surface area (Å²) in [6, 6.07) is 25.5. The van der Waals surface area contributed by atoms with Crippen LogP contribution in [-0.2, 0) is 38.3 Å². The topological polar surface area (TPSA) is 133 Å². The molecule has 0 amide bonds. The SMILES string of the molecule is CC(=O)c1cn(C(C)C)c2cc(Cc3ccccc3C(F)(F)F)c(F)cc2c1=O.CC(=O)c1cn(C(C)C)c2nc(N(C)Cc3ccccc3)c(F)cc2c1=O.CC(=O)c1cn(CC(C)C)c2cc(Cc3ccccc3C(F)(F)F)c(F)cc2c1=O. The van der Waals surface area contributed by atoms with Gasteiger partial charge in [0.15, 0.2) is 39.8 Å². The van der Waals surface area contributed by atoms with E-state index in [0.29, 0.717) is 29.8 Å². The van der Waals surface area contributed by atoms with E-state index in [4.69, 9.17) is 0 Å². The van der Waals surface area contributed by atoms with Gasteiger partial charge in [-0.05, 0) is 125 Å². The molecule has 0 aliphatic carbocycles. The van der Waals surface area contributed by atoms with Crippen LogP contribution in [-0.4, -0.2) is 43.1 Å². The highest BCUT2D eigenvalue weighted by Gasteiger charge is 2.34. The number of hydrogen-bond acceptors (Lipinski definition) is 8. The maximum absolute atomic E-state index is 14.8. The van der Waals surface area contributed by atoms with Crippen LogP contribution < -0.4 is 21.2 Å². The first-order valence-electron chi connectivity index (χ1n) is 27.3. The van der Waals surface area contributed by atoms with Crippen molar-refractivity contribution >= 4 is 56.0 Å². The Morgan fingerprint density at radius 1 is 0.512 bits per heavy atom. The fourth-order valence-corrected chi connectivity index (χ4v) is 10.0. The van der Waals surface area contributed by atoms with E-state index < -0.39 is 68.8 Å². The number of carbonyl (C=O) groups is 3. The lowest BCUT2D eigenvalue weighted by Gasteiger charge is -2.21. The summed E-state index contributed by atoms with van der Waals surface area (Å²) >= 11 is 0.